The SMILES string of the molecule is O=C1CCN(c2cncc(F)c2CBr)C(=O)N1. The Hall–Kier alpha value is -1.50. The van der Waals surface area contributed by atoms with Crippen LogP contribution in [0.15, 0.2) is 12.4 Å². The van der Waals surface area contributed by atoms with Crippen LogP contribution < -0.4 is 10.2 Å². The van der Waals surface area contributed by atoms with E-state index in [-0.39, 0.29) is 24.2 Å². The van der Waals surface area contributed by atoms with Gasteiger partial charge in [-0.3, -0.25) is 20.0 Å². The van der Waals surface area contributed by atoms with Crippen molar-refractivity contribution in [1.29, 1.82) is 0 Å². The van der Waals surface area contributed by atoms with Gasteiger partial charge in [-0.2, -0.15) is 0 Å². The summed E-state index contributed by atoms with van der Waals surface area (Å²) in [6, 6.07) is -0.546. The number of rotatable bonds is 2. The summed E-state index contributed by atoms with van der Waals surface area (Å²) < 4.78 is 13.5. The molecule has 1 aliphatic heterocycles. The first-order valence-corrected chi connectivity index (χ1v) is 6.05. The van der Waals surface area contributed by atoms with Crippen molar-refractivity contribution < 1.29 is 14.0 Å². The molecule has 2 rings (SSSR count). The summed E-state index contributed by atoms with van der Waals surface area (Å²) in [7, 11) is 0. The lowest BCUT2D eigenvalue weighted by Crippen LogP contribution is -2.50. The monoisotopic (exact) mass is 301 g/mol. The zero-order valence-corrected chi connectivity index (χ0v) is 10.3. The second-order valence-electron chi connectivity index (χ2n) is 3.51. The van der Waals surface area contributed by atoms with Crippen LogP contribution in [-0.2, 0) is 10.1 Å². The molecule has 1 aliphatic rings. The highest BCUT2D eigenvalue weighted by Gasteiger charge is 2.26. The van der Waals surface area contributed by atoms with E-state index in [0.717, 1.165) is 6.20 Å². The number of urea groups is 1. The van der Waals surface area contributed by atoms with Gasteiger partial charge in [0.1, 0.15) is 5.82 Å². The van der Waals surface area contributed by atoms with E-state index in [4.69, 9.17) is 0 Å². The lowest BCUT2D eigenvalue weighted by Gasteiger charge is -2.27. The maximum Gasteiger partial charge on any atom is 0.328 e. The summed E-state index contributed by atoms with van der Waals surface area (Å²) in [6.45, 7) is 0.232. The molecule has 90 valence electrons. The van der Waals surface area contributed by atoms with Crippen molar-refractivity contribution in [3.8, 4) is 0 Å². The third kappa shape index (κ3) is 2.28. The van der Waals surface area contributed by atoms with Crippen molar-refractivity contribution in [2.75, 3.05) is 11.4 Å². The van der Waals surface area contributed by atoms with Crippen LogP contribution in [0.25, 0.3) is 0 Å². The first kappa shape index (κ1) is 12.0. The summed E-state index contributed by atoms with van der Waals surface area (Å²) >= 11 is 3.16. The summed E-state index contributed by atoms with van der Waals surface area (Å²) in [5.41, 5.74) is 0.733. The Kier molecular flexibility index (Phi) is 3.37. The molecule has 0 bridgehead atoms. The van der Waals surface area contributed by atoms with Crippen molar-refractivity contribution in [1.82, 2.24) is 10.3 Å². The minimum Gasteiger partial charge on any atom is -0.292 e. The van der Waals surface area contributed by atoms with Crippen molar-refractivity contribution >= 4 is 33.6 Å². The fourth-order valence-electron chi connectivity index (χ4n) is 1.61. The largest absolute Gasteiger partial charge is 0.328 e. The number of amides is 3. The van der Waals surface area contributed by atoms with Crippen LogP contribution in [0.5, 0.6) is 0 Å². The molecule has 17 heavy (non-hydrogen) atoms. The number of pyridine rings is 1. The molecule has 1 fully saturated rings. The van der Waals surface area contributed by atoms with Gasteiger partial charge in [0.2, 0.25) is 5.91 Å². The summed E-state index contributed by atoms with van der Waals surface area (Å²) in [6.07, 6.45) is 2.70. The molecule has 0 aromatic carbocycles. The van der Waals surface area contributed by atoms with Gasteiger partial charge in [0, 0.05) is 23.9 Å². The van der Waals surface area contributed by atoms with Gasteiger partial charge in [0.05, 0.1) is 18.1 Å². The summed E-state index contributed by atoms with van der Waals surface area (Å²) in [5.74, 6) is -0.805. The van der Waals surface area contributed by atoms with Gasteiger partial charge in [0.25, 0.3) is 0 Å². The minimum atomic E-state index is -0.546. The quantitative estimate of drug-likeness (QED) is 0.843. The second kappa shape index (κ2) is 4.79. The van der Waals surface area contributed by atoms with Gasteiger partial charge in [-0.05, 0) is 0 Å². The number of nitrogens with zero attached hydrogens (tertiary/aromatic N) is 2. The highest BCUT2D eigenvalue weighted by atomic mass is 79.9. The molecule has 1 saturated heterocycles. The van der Waals surface area contributed by atoms with Crippen LogP contribution >= 0.6 is 15.9 Å². The molecule has 0 radical (unpaired) electrons. The van der Waals surface area contributed by atoms with Gasteiger partial charge < -0.3 is 0 Å². The van der Waals surface area contributed by atoms with Crippen LogP contribution in [-0.4, -0.2) is 23.5 Å². The fraction of sp³-hybridized carbons (Fsp3) is 0.300. The lowest BCUT2D eigenvalue weighted by atomic mass is 10.2. The molecule has 7 heteroatoms. The van der Waals surface area contributed by atoms with E-state index in [1.54, 1.807) is 0 Å². The zero-order valence-electron chi connectivity index (χ0n) is 8.74. The molecule has 0 aliphatic carbocycles. The number of carbonyl (C=O) groups is 2. The summed E-state index contributed by atoms with van der Waals surface area (Å²) in [5, 5.41) is 2.45. The first-order chi connectivity index (χ1) is 8.13. The van der Waals surface area contributed by atoms with E-state index in [2.05, 4.69) is 26.2 Å². The molecule has 5 nitrogen and oxygen atoms in total. The van der Waals surface area contributed by atoms with E-state index in [0.29, 0.717) is 11.3 Å². The Morgan fingerprint density at radius 1 is 1.47 bits per heavy atom. The number of imide groups is 1. The van der Waals surface area contributed by atoms with Crippen molar-refractivity contribution in [2.45, 2.75) is 11.8 Å². The molecule has 1 aromatic heterocycles. The van der Waals surface area contributed by atoms with Gasteiger partial charge >= 0.3 is 6.03 Å². The van der Waals surface area contributed by atoms with Gasteiger partial charge in [0.15, 0.2) is 0 Å². The van der Waals surface area contributed by atoms with E-state index in [1.165, 1.54) is 11.1 Å². The Morgan fingerprint density at radius 3 is 2.88 bits per heavy atom. The van der Waals surface area contributed by atoms with Crippen molar-refractivity contribution in [3.05, 3.63) is 23.8 Å². The Balaban J connectivity index is 2.37. The second-order valence-corrected chi connectivity index (χ2v) is 4.07. The number of alkyl halides is 1. The van der Waals surface area contributed by atoms with Gasteiger partial charge in [-0.25, -0.2) is 9.18 Å². The van der Waals surface area contributed by atoms with Crippen LogP contribution in [0.4, 0.5) is 14.9 Å². The van der Waals surface area contributed by atoms with Crippen LogP contribution in [0.3, 0.4) is 0 Å². The third-order valence-electron chi connectivity index (χ3n) is 2.46. The van der Waals surface area contributed by atoms with Crippen LogP contribution in [0.1, 0.15) is 12.0 Å². The highest BCUT2D eigenvalue weighted by molar-refractivity contribution is 9.08. The molecule has 1 aromatic rings. The fourth-order valence-corrected chi connectivity index (χ4v) is 2.17. The molecule has 0 unspecified atom stereocenters. The van der Waals surface area contributed by atoms with Crippen molar-refractivity contribution in [2.24, 2.45) is 0 Å². The number of anilines is 1. The van der Waals surface area contributed by atoms with E-state index < -0.39 is 11.8 Å². The number of nitrogens with one attached hydrogen (secondary N) is 1. The van der Waals surface area contributed by atoms with E-state index >= 15 is 0 Å². The standard InChI is InChI=1S/C10H9BrFN3O2/c11-3-6-7(12)4-13-5-8(6)15-2-1-9(16)14-10(15)17/h4-5H,1-3H2,(H,14,16,17). The zero-order chi connectivity index (χ0) is 12.4. The minimum absolute atomic E-state index is 0.198. The molecular formula is C10H9BrFN3O2. The smallest absolute Gasteiger partial charge is 0.292 e. The molecular weight excluding hydrogens is 293 g/mol. The van der Waals surface area contributed by atoms with Gasteiger partial charge in [-0.15, -0.1) is 0 Å². The molecule has 0 saturated carbocycles. The van der Waals surface area contributed by atoms with Crippen LogP contribution in [0.2, 0.25) is 0 Å². The normalized spacial score (nSPS) is 16.0. The Bertz CT molecular complexity index is 481. The first-order valence-electron chi connectivity index (χ1n) is 4.93. The molecule has 3 amide bonds. The Morgan fingerprint density at radius 2 is 2.24 bits per heavy atom. The molecule has 1 N–H and O–H groups in total. The number of carbonyl (C=O) groups excluding carboxylic acids is 2. The van der Waals surface area contributed by atoms with Gasteiger partial charge in [-0.1, -0.05) is 15.9 Å². The molecule has 0 spiro atoms. The van der Waals surface area contributed by atoms with Crippen LogP contribution in [0, 0.1) is 5.82 Å². The molecule has 0 atom stereocenters. The highest BCUT2D eigenvalue weighted by Crippen LogP contribution is 2.25. The van der Waals surface area contributed by atoms with E-state index in [9.17, 15) is 14.0 Å². The number of halogens is 2. The maximum atomic E-state index is 13.5. The number of hydrogen-bond donors (Lipinski definition) is 1. The average Bonchev–Trinajstić information content (AvgIpc) is 2.29. The third-order valence-corrected chi connectivity index (χ3v) is 3.02. The predicted molar refractivity (Wildman–Crippen MR) is 62.3 cm³/mol. The summed E-state index contributed by atoms with van der Waals surface area (Å²) in [4.78, 5) is 27.7. The predicted octanol–water partition coefficient (Wildman–Crippen LogP) is 1.56. The van der Waals surface area contributed by atoms with E-state index in [1.807, 2.05) is 0 Å². The van der Waals surface area contributed by atoms with Crippen molar-refractivity contribution in [3.63, 3.8) is 0 Å². The average molecular weight is 302 g/mol. The lowest BCUT2D eigenvalue weighted by molar-refractivity contribution is -0.120. The number of aromatic nitrogens is 1. The Labute approximate surface area is 105 Å². The number of hydrogen-bond acceptors (Lipinski definition) is 3. The topological polar surface area (TPSA) is 62.3 Å². The molecule has 2 heterocycles. The maximum absolute atomic E-state index is 13.5.